The average Bonchev–Trinajstić information content (AvgIpc) is 3.14. The molecule has 124 valence electrons. The van der Waals surface area contributed by atoms with Gasteiger partial charge in [-0.25, -0.2) is 9.48 Å². The van der Waals surface area contributed by atoms with Gasteiger partial charge >= 0.3 is 12.1 Å². The van der Waals surface area contributed by atoms with Crippen LogP contribution in [0.15, 0.2) is 28.9 Å². The summed E-state index contributed by atoms with van der Waals surface area (Å²) in [6.45, 7) is 1.73. The van der Waals surface area contributed by atoms with Crippen LogP contribution in [0, 0.1) is 0 Å². The molecule has 23 heavy (non-hydrogen) atoms. The van der Waals surface area contributed by atoms with Crippen molar-refractivity contribution in [2.75, 3.05) is 11.9 Å². The fourth-order valence-electron chi connectivity index (χ4n) is 2.55. The van der Waals surface area contributed by atoms with E-state index in [1.54, 1.807) is 19.1 Å². The lowest BCUT2D eigenvalue weighted by Crippen LogP contribution is -2.35. The highest BCUT2D eigenvalue weighted by molar-refractivity contribution is 5.88. The molecule has 9 heteroatoms. The number of anilines is 1. The van der Waals surface area contributed by atoms with Gasteiger partial charge in [0, 0.05) is 12.5 Å². The van der Waals surface area contributed by atoms with E-state index in [-0.39, 0.29) is 24.5 Å². The number of fused-ring (bicyclic) bond motifs is 1. The summed E-state index contributed by atoms with van der Waals surface area (Å²) >= 11 is 0. The van der Waals surface area contributed by atoms with E-state index in [4.69, 9.17) is 9.15 Å². The number of furan rings is 1. The number of carbonyl (C=O) groups excluding carboxylic acids is 1. The maximum Gasteiger partial charge on any atom is 0.410 e. The highest BCUT2D eigenvalue weighted by Crippen LogP contribution is 2.43. The maximum absolute atomic E-state index is 13.4. The first kappa shape index (κ1) is 15.4. The molecule has 3 rings (SSSR count). The first-order valence-electron chi connectivity index (χ1n) is 7.03. The van der Waals surface area contributed by atoms with E-state index in [1.165, 1.54) is 12.3 Å². The zero-order chi connectivity index (χ0) is 16.6. The van der Waals surface area contributed by atoms with Crippen molar-refractivity contribution in [3.05, 3.63) is 35.9 Å². The second kappa shape index (κ2) is 5.64. The number of alkyl halides is 3. The van der Waals surface area contributed by atoms with Gasteiger partial charge in [-0.1, -0.05) is 0 Å². The third kappa shape index (κ3) is 2.90. The molecule has 1 aliphatic heterocycles. The standard InChI is InChI=1S/C14H14F3N3O3/c1-2-22-13(21)9-7-12-18-8(10-4-3-5-23-10)6-11(14(15,16)17)20(12)19-9/h3-5,7-8,11,18H,2,6H2,1H3. The molecule has 2 unspecified atom stereocenters. The Morgan fingerprint density at radius 1 is 1.57 bits per heavy atom. The molecule has 2 atom stereocenters. The first-order valence-corrected chi connectivity index (χ1v) is 7.03. The maximum atomic E-state index is 13.4. The second-order valence-corrected chi connectivity index (χ2v) is 5.09. The number of ether oxygens (including phenoxy) is 1. The van der Waals surface area contributed by atoms with Gasteiger partial charge in [0.15, 0.2) is 11.7 Å². The van der Waals surface area contributed by atoms with Crippen LogP contribution in [-0.4, -0.2) is 28.5 Å². The number of hydrogen-bond acceptors (Lipinski definition) is 5. The molecular formula is C14H14F3N3O3. The minimum Gasteiger partial charge on any atom is -0.467 e. The van der Waals surface area contributed by atoms with E-state index < -0.39 is 24.2 Å². The number of aromatic nitrogens is 2. The fraction of sp³-hybridized carbons (Fsp3) is 0.429. The highest BCUT2D eigenvalue weighted by Gasteiger charge is 2.47. The quantitative estimate of drug-likeness (QED) is 0.875. The van der Waals surface area contributed by atoms with Gasteiger partial charge in [-0.05, 0) is 19.1 Å². The molecule has 3 heterocycles. The molecular weight excluding hydrogens is 315 g/mol. The highest BCUT2D eigenvalue weighted by atomic mass is 19.4. The summed E-state index contributed by atoms with van der Waals surface area (Å²) in [7, 11) is 0. The molecule has 0 amide bonds. The summed E-state index contributed by atoms with van der Waals surface area (Å²) in [5, 5.41) is 6.68. The number of rotatable bonds is 3. The van der Waals surface area contributed by atoms with E-state index in [0.29, 0.717) is 5.76 Å². The van der Waals surface area contributed by atoms with E-state index in [1.807, 2.05) is 0 Å². The summed E-state index contributed by atoms with van der Waals surface area (Å²) in [5.41, 5.74) is -0.163. The first-order chi connectivity index (χ1) is 10.9. The third-order valence-electron chi connectivity index (χ3n) is 3.56. The Hall–Kier alpha value is -2.45. The molecule has 0 aromatic carbocycles. The summed E-state index contributed by atoms with van der Waals surface area (Å²) in [5.74, 6) is -0.265. The number of carbonyl (C=O) groups is 1. The summed E-state index contributed by atoms with van der Waals surface area (Å²) in [6.07, 6.45) is -3.39. The molecule has 2 aromatic rings. The Kier molecular flexibility index (Phi) is 3.78. The number of nitrogens with one attached hydrogen (secondary N) is 1. The van der Waals surface area contributed by atoms with Gasteiger partial charge in [0.05, 0.1) is 18.9 Å². The van der Waals surface area contributed by atoms with Gasteiger partial charge in [-0.3, -0.25) is 0 Å². The fourth-order valence-corrected chi connectivity index (χ4v) is 2.55. The largest absolute Gasteiger partial charge is 0.467 e. The van der Waals surface area contributed by atoms with E-state index in [9.17, 15) is 18.0 Å². The smallest absolute Gasteiger partial charge is 0.410 e. The number of hydrogen-bond donors (Lipinski definition) is 1. The van der Waals surface area contributed by atoms with Crippen LogP contribution in [0.1, 0.15) is 41.7 Å². The second-order valence-electron chi connectivity index (χ2n) is 5.09. The molecule has 6 nitrogen and oxygen atoms in total. The molecule has 0 bridgehead atoms. The van der Waals surface area contributed by atoms with Crippen LogP contribution in [0.25, 0.3) is 0 Å². The van der Waals surface area contributed by atoms with Crippen LogP contribution in [0.3, 0.4) is 0 Å². The molecule has 0 radical (unpaired) electrons. The summed E-state index contributed by atoms with van der Waals surface area (Å²) < 4.78 is 50.8. The Morgan fingerprint density at radius 2 is 2.35 bits per heavy atom. The van der Waals surface area contributed by atoms with Crippen LogP contribution in [0.4, 0.5) is 19.0 Å². The van der Waals surface area contributed by atoms with Crippen LogP contribution in [0.2, 0.25) is 0 Å². The minimum atomic E-state index is -4.50. The lowest BCUT2D eigenvalue weighted by Gasteiger charge is -2.32. The van der Waals surface area contributed by atoms with Crippen LogP contribution >= 0.6 is 0 Å². The number of halogens is 3. The molecule has 0 fully saturated rings. The Labute approximate surface area is 129 Å². The summed E-state index contributed by atoms with van der Waals surface area (Å²) in [6, 6.07) is 1.96. The van der Waals surface area contributed by atoms with Crippen LogP contribution in [-0.2, 0) is 4.74 Å². The molecule has 0 saturated carbocycles. The Bertz CT molecular complexity index is 694. The lowest BCUT2D eigenvalue weighted by atomic mass is 10.0. The van der Waals surface area contributed by atoms with Gasteiger partial charge in [0.25, 0.3) is 0 Å². The SMILES string of the molecule is CCOC(=O)c1cc2n(n1)C(C(F)(F)F)CC(c1ccco1)N2. The van der Waals surface area contributed by atoms with Crippen molar-refractivity contribution in [2.24, 2.45) is 0 Å². The van der Waals surface area contributed by atoms with Gasteiger partial charge in [0.1, 0.15) is 11.6 Å². The zero-order valence-corrected chi connectivity index (χ0v) is 12.1. The molecule has 2 aromatic heterocycles. The van der Waals surface area contributed by atoms with E-state index >= 15 is 0 Å². The topological polar surface area (TPSA) is 69.3 Å². The third-order valence-corrected chi connectivity index (χ3v) is 3.56. The Morgan fingerprint density at radius 3 is 2.96 bits per heavy atom. The average molecular weight is 329 g/mol. The van der Waals surface area contributed by atoms with Crippen molar-refractivity contribution in [1.82, 2.24) is 9.78 Å². The molecule has 1 aliphatic rings. The monoisotopic (exact) mass is 329 g/mol. The van der Waals surface area contributed by atoms with Crippen LogP contribution in [0.5, 0.6) is 0 Å². The molecule has 1 N–H and O–H groups in total. The Balaban J connectivity index is 1.97. The van der Waals surface area contributed by atoms with Crippen molar-refractivity contribution in [2.45, 2.75) is 31.6 Å². The molecule has 0 saturated heterocycles. The van der Waals surface area contributed by atoms with Gasteiger partial charge in [-0.15, -0.1) is 0 Å². The minimum absolute atomic E-state index is 0.100. The van der Waals surface area contributed by atoms with Crippen molar-refractivity contribution >= 4 is 11.8 Å². The van der Waals surface area contributed by atoms with Gasteiger partial charge < -0.3 is 14.5 Å². The normalized spacial score (nSPS) is 20.7. The lowest BCUT2D eigenvalue weighted by molar-refractivity contribution is -0.174. The van der Waals surface area contributed by atoms with Crippen molar-refractivity contribution in [1.29, 1.82) is 0 Å². The molecule has 0 spiro atoms. The van der Waals surface area contributed by atoms with Crippen molar-refractivity contribution in [3.63, 3.8) is 0 Å². The summed E-state index contributed by atoms with van der Waals surface area (Å²) in [4.78, 5) is 11.7. The van der Waals surface area contributed by atoms with Crippen molar-refractivity contribution in [3.8, 4) is 0 Å². The van der Waals surface area contributed by atoms with Crippen molar-refractivity contribution < 1.29 is 27.1 Å². The van der Waals surface area contributed by atoms with E-state index in [2.05, 4.69) is 10.4 Å². The van der Waals surface area contributed by atoms with Gasteiger partial charge in [0.2, 0.25) is 0 Å². The number of esters is 1. The molecule has 0 aliphatic carbocycles. The predicted octanol–water partition coefficient (Wildman–Crippen LogP) is 3.31. The predicted molar refractivity (Wildman–Crippen MR) is 73.0 cm³/mol. The van der Waals surface area contributed by atoms with Gasteiger partial charge in [-0.2, -0.15) is 18.3 Å². The zero-order valence-electron chi connectivity index (χ0n) is 12.1. The van der Waals surface area contributed by atoms with E-state index in [0.717, 1.165) is 4.68 Å². The number of nitrogens with zero attached hydrogens (tertiary/aromatic N) is 2. The van der Waals surface area contributed by atoms with Crippen LogP contribution < -0.4 is 5.32 Å².